The van der Waals surface area contributed by atoms with Gasteiger partial charge in [0.15, 0.2) is 6.10 Å². The lowest BCUT2D eigenvalue weighted by Crippen LogP contribution is -2.29. The molecule has 0 aromatic heterocycles. The molecule has 0 spiro atoms. The van der Waals surface area contributed by atoms with Crippen LogP contribution < -0.4 is 5.73 Å². The van der Waals surface area contributed by atoms with E-state index in [4.69, 9.17) is 24.3 Å². The number of phosphoric acid groups is 1. The summed E-state index contributed by atoms with van der Waals surface area (Å²) in [6.45, 7) is 3.26. The summed E-state index contributed by atoms with van der Waals surface area (Å²) in [7, 11) is -4.46. The molecular weight excluding hydrogens is 785 g/mol. The molecule has 0 aromatic rings. The SMILES string of the molecule is CCCCCCCC/C=C\CCCCCCCCCCCCCC(=O)O[C@H](COC(=O)C/C=C\C[C@H]1[C@@H](/C=C/[C@H](O)CCCCC)[C@H](O)C[C@@H]1O)COP(=O)(O)OCCN. The third-order valence-electron chi connectivity index (χ3n) is 11.1. The number of esters is 2. The van der Waals surface area contributed by atoms with E-state index in [0.29, 0.717) is 19.3 Å². The summed E-state index contributed by atoms with van der Waals surface area (Å²) in [5.41, 5.74) is 5.35. The van der Waals surface area contributed by atoms with Gasteiger partial charge in [0.2, 0.25) is 0 Å². The Kier molecular flexibility index (Phi) is 35.2. The first kappa shape index (κ1) is 56.1. The average Bonchev–Trinajstić information content (AvgIpc) is 3.49. The second kappa shape index (κ2) is 37.6. The van der Waals surface area contributed by atoms with E-state index in [-0.39, 0.29) is 50.9 Å². The van der Waals surface area contributed by atoms with E-state index in [1.807, 2.05) is 0 Å². The molecule has 1 aliphatic carbocycles. The van der Waals surface area contributed by atoms with Gasteiger partial charge in [0.25, 0.3) is 0 Å². The summed E-state index contributed by atoms with van der Waals surface area (Å²) in [5, 5.41) is 31.3. The maximum atomic E-state index is 12.7. The Morgan fingerprint density at radius 1 is 0.717 bits per heavy atom. The first-order chi connectivity index (χ1) is 29.0. The minimum atomic E-state index is -4.46. The first-order valence-corrected chi connectivity index (χ1v) is 25.2. The van der Waals surface area contributed by atoms with E-state index in [0.717, 1.165) is 38.5 Å². The number of hydrogen-bond acceptors (Lipinski definition) is 11. The normalized spacial score (nSPS) is 20.3. The van der Waals surface area contributed by atoms with Gasteiger partial charge in [0.05, 0.1) is 37.9 Å². The van der Waals surface area contributed by atoms with Gasteiger partial charge < -0.3 is 35.4 Å². The predicted molar refractivity (Wildman–Crippen MR) is 240 cm³/mol. The maximum absolute atomic E-state index is 12.7. The Morgan fingerprint density at radius 3 is 1.88 bits per heavy atom. The molecule has 0 heterocycles. The fourth-order valence-electron chi connectivity index (χ4n) is 7.48. The van der Waals surface area contributed by atoms with Crippen molar-refractivity contribution in [2.45, 2.75) is 212 Å². The zero-order valence-corrected chi connectivity index (χ0v) is 38.4. The van der Waals surface area contributed by atoms with Crippen molar-refractivity contribution in [2.75, 3.05) is 26.4 Å². The highest BCUT2D eigenvalue weighted by Crippen LogP contribution is 2.43. The molecule has 7 atom stereocenters. The van der Waals surface area contributed by atoms with Crippen LogP contribution >= 0.6 is 7.82 Å². The lowest BCUT2D eigenvalue weighted by Gasteiger charge is -2.20. The zero-order chi connectivity index (χ0) is 44.1. The number of aliphatic hydroxyl groups is 3. The van der Waals surface area contributed by atoms with E-state index in [1.54, 1.807) is 24.3 Å². The topological polar surface area (TPSA) is 195 Å². The predicted octanol–water partition coefficient (Wildman–Crippen LogP) is 10.1. The second-order valence-electron chi connectivity index (χ2n) is 16.6. The molecule has 0 bridgehead atoms. The van der Waals surface area contributed by atoms with Crippen LogP contribution in [0.1, 0.15) is 187 Å². The number of unbranched alkanes of at least 4 members (excludes halogenated alkanes) is 19. The molecule has 60 heavy (non-hydrogen) atoms. The van der Waals surface area contributed by atoms with Gasteiger partial charge in [0, 0.05) is 25.3 Å². The van der Waals surface area contributed by atoms with Crippen molar-refractivity contribution in [3.8, 4) is 0 Å². The van der Waals surface area contributed by atoms with Gasteiger partial charge in [0.1, 0.15) is 6.61 Å². The summed E-state index contributed by atoms with van der Waals surface area (Å²) in [6, 6.07) is 0. The molecule has 0 radical (unpaired) electrons. The van der Waals surface area contributed by atoms with Gasteiger partial charge >= 0.3 is 19.8 Å². The molecule has 0 saturated heterocycles. The molecule has 6 N–H and O–H groups in total. The van der Waals surface area contributed by atoms with Gasteiger partial charge in [-0.25, -0.2) is 4.57 Å². The standard InChI is InChI=1S/C47H86NO11P/c1-3-5-7-8-9-10-11-12-13-14-15-16-17-18-19-20-21-22-23-24-26-32-47(53)59-41(39-58-60(54,55)57-36-35-48)38-56-46(52)31-28-27-30-42-43(45(51)37-44(42)50)34-33-40(49)29-25-6-4-2/h12-13,27-28,33-34,40-45,49-51H,3-11,14-26,29-32,35-39,48H2,1-2H3,(H,54,55)/b13-12-,28-27-,34-33+/t40-,41-,42+,43-,44+,45-/m1/s1. The van der Waals surface area contributed by atoms with Crippen molar-refractivity contribution < 1.29 is 52.9 Å². The number of ether oxygens (including phenoxy) is 2. The number of aliphatic hydroxyl groups excluding tert-OH is 3. The highest BCUT2D eigenvalue weighted by atomic mass is 31.2. The third-order valence-corrected chi connectivity index (χ3v) is 12.1. The molecule has 1 saturated carbocycles. The van der Waals surface area contributed by atoms with Gasteiger partial charge in [-0.2, -0.15) is 0 Å². The molecule has 0 amide bonds. The number of carbonyl (C=O) groups excluding carboxylic acids is 2. The minimum absolute atomic E-state index is 0.00896. The van der Waals surface area contributed by atoms with Crippen LogP contribution in [0.25, 0.3) is 0 Å². The van der Waals surface area contributed by atoms with Crippen molar-refractivity contribution in [2.24, 2.45) is 17.6 Å². The Morgan fingerprint density at radius 2 is 1.28 bits per heavy atom. The molecule has 1 rings (SSSR count). The average molecular weight is 872 g/mol. The van der Waals surface area contributed by atoms with Crippen molar-refractivity contribution in [3.05, 3.63) is 36.5 Å². The number of allylic oxidation sites excluding steroid dienone is 3. The lowest BCUT2D eigenvalue weighted by atomic mass is 9.89. The molecule has 1 fully saturated rings. The Balaban J connectivity index is 2.35. The summed E-state index contributed by atoms with van der Waals surface area (Å²) in [4.78, 5) is 35.2. The lowest BCUT2D eigenvalue weighted by molar-refractivity contribution is -0.160. The van der Waals surface area contributed by atoms with Crippen LogP contribution in [0.15, 0.2) is 36.5 Å². The smallest absolute Gasteiger partial charge is 0.461 e. The van der Waals surface area contributed by atoms with Crippen LogP contribution in [-0.2, 0) is 32.7 Å². The minimum Gasteiger partial charge on any atom is -0.461 e. The molecular formula is C47H86NO11P. The molecule has 12 nitrogen and oxygen atoms in total. The number of nitrogens with two attached hydrogens (primary N) is 1. The number of hydrogen-bond donors (Lipinski definition) is 5. The fourth-order valence-corrected chi connectivity index (χ4v) is 8.25. The van der Waals surface area contributed by atoms with Crippen LogP contribution in [0, 0.1) is 11.8 Å². The summed E-state index contributed by atoms with van der Waals surface area (Å²) < 4.78 is 32.8. The quantitative estimate of drug-likeness (QED) is 0.0169. The summed E-state index contributed by atoms with van der Waals surface area (Å²) in [5.74, 6) is -1.72. The van der Waals surface area contributed by atoms with Gasteiger partial charge in [-0.15, -0.1) is 0 Å². The van der Waals surface area contributed by atoms with Crippen LogP contribution in [0.3, 0.4) is 0 Å². The van der Waals surface area contributed by atoms with Crippen molar-refractivity contribution in [1.82, 2.24) is 0 Å². The highest BCUT2D eigenvalue weighted by Gasteiger charge is 2.39. The van der Waals surface area contributed by atoms with Crippen LogP contribution in [0.5, 0.6) is 0 Å². The van der Waals surface area contributed by atoms with Crippen molar-refractivity contribution >= 4 is 19.8 Å². The van der Waals surface area contributed by atoms with Crippen LogP contribution in [0.2, 0.25) is 0 Å². The molecule has 0 aliphatic heterocycles. The highest BCUT2D eigenvalue weighted by molar-refractivity contribution is 7.47. The number of carbonyl (C=O) groups is 2. The van der Waals surface area contributed by atoms with E-state index < -0.39 is 50.8 Å². The second-order valence-corrected chi connectivity index (χ2v) is 18.1. The fraction of sp³-hybridized carbons (Fsp3) is 0.830. The molecule has 1 aliphatic rings. The molecule has 13 heteroatoms. The molecule has 350 valence electrons. The largest absolute Gasteiger partial charge is 0.472 e. The summed E-state index contributed by atoms with van der Waals surface area (Å²) in [6.07, 6.45) is 35.9. The van der Waals surface area contributed by atoms with E-state index in [9.17, 15) is 34.4 Å². The maximum Gasteiger partial charge on any atom is 0.472 e. The van der Waals surface area contributed by atoms with Gasteiger partial charge in [-0.3, -0.25) is 18.6 Å². The number of rotatable bonds is 40. The molecule has 0 aromatic carbocycles. The summed E-state index contributed by atoms with van der Waals surface area (Å²) >= 11 is 0. The van der Waals surface area contributed by atoms with Gasteiger partial charge in [-0.05, 0) is 50.9 Å². The zero-order valence-electron chi connectivity index (χ0n) is 37.5. The van der Waals surface area contributed by atoms with E-state index in [2.05, 4.69) is 26.0 Å². The van der Waals surface area contributed by atoms with Crippen molar-refractivity contribution in [3.63, 3.8) is 0 Å². The Bertz CT molecular complexity index is 1200. The first-order valence-electron chi connectivity index (χ1n) is 23.7. The molecule has 1 unspecified atom stereocenters. The Labute approximate surface area is 363 Å². The number of phosphoric ester groups is 1. The van der Waals surface area contributed by atoms with Crippen molar-refractivity contribution in [1.29, 1.82) is 0 Å². The van der Waals surface area contributed by atoms with Crippen LogP contribution in [0.4, 0.5) is 0 Å². The Hall–Kier alpha value is -1.89. The third kappa shape index (κ3) is 31.0. The van der Waals surface area contributed by atoms with Crippen LogP contribution in [-0.4, -0.2) is 82.9 Å². The monoisotopic (exact) mass is 872 g/mol. The van der Waals surface area contributed by atoms with E-state index in [1.165, 1.54) is 96.3 Å². The van der Waals surface area contributed by atoms with Gasteiger partial charge in [-0.1, -0.05) is 159 Å². The van der Waals surface area contributed by atoms with E-state index >= 15 is 0 Å².